The average molecular weight is 675 g/mol. The summed E-state index contributed by atoms with van der Waals surface area (Å²) in [5.74, 6) is -1.17. The minimum Gasteiger partial charge on any atom is -0.448 e. The number of allylic oxidation sites excluding steroid dienone is 1. The second kappa shape index (κ2) is 15.4. The first-order valence-corrected chi connectivity index (χ1v) is 16.7. The van der Waals surface area contributed by atoms with Crippen LogP contribution in [0.1, 0.15) is 22.9 Å². The first-order chi connectivity index (χ1) is 22.5. The van der Waals surface area contributed by atoms with Gasteiger partial charge in [0.15, 0.2) is 16.9 Å². The predicted molar refractivity (Wildman–Crippen MR) is 175 cm³/mol. The number of benzene rings is 2. The summed E-state index contributed by atoms with van der Waals surface area (Å²) in [5.41, 5.74) is 2.26. The molecule has 2 atom stereocenters. The van der Waals surface area contributed by atoms with Crippen LogP contribution in [0.2, 0.25) is 0 Å². The van der Waals surface area contributed by atoms with Crippen molar-refractivity contribution >= 4 is 69.9 Å². The normalized spacial score (nSPS) is 17.6. The summed E-state index contributed by atoms with van der Waals surface area (Å²) < 4.78 is 6.15. The first kappa shape index (κ1) is 32.5. The number of anilines is 1. The number of ether oxygens (including phenoxy) is 1. The van der Waals surface area contributed by atoms with Gasteiger partial charge in [-0.15, -0.1) is 34.9 Å². The summed E-state index contributed by atoms with van der Waals surface area (Å²) in [4.78, 5) is 62.1. The Kier molecular flexibility index (Phi) is 10.9. The standard InChI is InChI=1S/C31H26N6O6S3/c1-42-36-23(22-17-46-31(34-22)33-18-38)27(39)35-24-28(40)37-25(21(16-45-29(24)37)15-44-14-8-13-32)30(41)43-26(19-9-4-2-5-10-19)20-11-6-3-7-12-20/h2-12,14,17-18,24,26,29H,15-16H2,1H3,(H,35,39)(H,33,34,38)/b14-8-,36-23?/t24?,29-/m1/s1. The van der Waals surface area contributed by atoms with E-state index in [2.05, 4.69) is 20.8 Å². The van der Waals surface area contributed by atoms with Gasteiger partial charge in [0.05, 0.1) is 6.07 Å². The molecule has 3 heterocycles. The number of fused-ring (bicyclic) bond motifs is 1. The van der Waals surface area contributed by atoms with Gasteiger partial charge in [0.1, 0.15) is 29.9 Å². The number of amides is 3. The maximum absolute atomic E-state index is 14.0. The number of carbonyl (C=O) groups is 4. The minimum absolute atomic E-state index is 0.115. The lowest BCUT2D eigenvalue weighted by Gasteiger charge is -2.49. The van der Waals surface area contributed by atoms with Crippen molar-refractivity contribution in [2.24, 2.45) is 5.16 Å². The van der Waals surface area contributed by atoms with E-state index in [1.54, 1.807) is 5.41 Å². The van der Waals surface area contributed by atoms with E-state index in [4.69, 9.17) is 14.8 Å². The third-order valence-electron chi connectivity index (χ3n) is 6.78. The molecule has 0 aliphatic carbocycles. The van der Waals surface area contributed by atoms with Gasteiger partial charge < -0.3 is 20.2 Å². The van der Waals surface area contributed by atoms with Gasteiger partial charge in [-0.2, -0.15) is 5.26 Å². The Morgan fingerprint density at radius 2 is 1.89 bits per heavy atom. The number of nitriles is 1. The van der Waals surface area contributed by atoms with Gasteiger partial charge in [0.2, 0.25) is 6.41 Å². The zero-order valence-electron chi connectivity index (χ0n) is 24.2. The van der Waals surface area contributed by atoms with E-state index >= 15 is 0 Å². The zero-order valence-corrected chi connectivity index (χ0v) is 26.6. The van der Waals surface area contributed by atoms with Crippen LogP contribution in [-0.4, -0.2) is 69.8 Å². The van der Waals surface area contributed by atoms with E-state index in [-0.39, 0.29) is 22.2 Å². The van der Waals surface area contributed by atoms with Crippen molar-refractivity contribution in [1.82, 2.24) is 15.2 Å². The number of rotatable bonds is 13. The number of aromatic nitrogens is 1. The molecular formula is C31H26N6O6S3. The molecule has 234 valence electrons. The van der Waals surface area contributed by atoms with Gasteiger partial charge in [-0.25, -0.2) is 9.78 Å². The lowest BCUT2D eigenvalue weighted by atomic mass is 10.0. The van der Waals surface area contributed by atoms with Gasteiger partial charge >= 0.3 is 5.97 Å². The molecule has 2 aliphatic heterocycles. The molecule has 46 heavy (non-hydrogen) atoms. The predicted octanol–water partition coefficient (Wildman–Crippen LogP) is 3.82. The highest BCUT2D eigenvalue weighted by Gasteiger charge is 2.55. The molecular weight excluding hydrogens is 649 g/mol. The maximum atomic E-state index is 14.0. The smallest absolute Gasteiger partial charge is 0.356 e. The molecule has 2 aliphatic rings. The molecule has 12 nitrogen and oxygen atoms in total. The summed E-state index contributed by atoms with van der Waals surface area (Å²) in [7, 11) is 1.27. The van der Waals surface area contributed by atoms with Crippen LogP contribution >= 0.6 is 34.9 Å². The second-order valence-electron chi connectivity index (χ2n) is 9.59. The summed E-state index contributed by atoms with van der Waals surface area (Å²) >= 11 is 3.80. The Bertz CT molecular complexity index is 1700. The van der Waals surface area contributed by atoms with E-state index in [9.17, 15) is 19.2 Å². The molecule has 0 radical (unpaired) electrons. The van der Waals surface area contributed by atoms with Gasteiger partial charge in [0, 0.05) is 23.0 Å². The molecule has 1 fully saturated rings. The van der Waals surface area contributed by atoms with Crippen molar-refractivity contribution in [2.45, 2.75) is 17.5 Å². The fourth-order valence-corrected chi connectivity index (χ4v) is 7.58. The first-order valence-electron chi connectivity index (χ1n) is 13.7. The van der Waals surface area contributed by atoms with Gasteiger partial charge in [-0.3, -0.25) is 19.3 Å². The van der Waals surface area contributed by atoms with Crippen molar-refractivity contribution < 1.29 is 28.8 Å². The number of hydrogen-bond acceptors (Lipinski definition) is 12. The van der Waals surface area contributed by atoms with Gasteiger partial charge in [-0.1, -0.05) is 65.8 Å². The quantitative estimate of drug-likeness (QED) is 0.0681. The van der Waals surface area contributed by atoms with Crippen LogP contribution < -0.4 is 10.6 Å². The topological polar surface area (TPSA) is 163 Å². The molecule has 3 aromatic rings. The molecule has 2 N–H and O–H groups in total. The van der Waals surface area contributed by atoms with Crippen LogP contribution in [0.5, 0.6) is 0 Å². The SMILES string of the molecule is CON=C(C(=O)NC1C(=O)N2C(C(=O)OC(c3ccccc3)c3ccccc3)=C(CS/C=C\C#N)CS[C@H]12)c1csc(NC=O)n1. The molecule has 1 unspecified atom stereocenters. The van der Waals surface area contributed by atoms with Crippen LogP contribution in [-0.2, 0) is 28.8 Å². The molecule has 1 aromatic heterocycles. The molecule has 0 saturated carbocycles. The van der Waals surface area contributed by atoms with Crippen molar-refractivity contribution in [3.05, 3.63) is 106 Å². The maximum Gasteiger partial charge on any atom is 0.356 e. The number of nitrogens with zero attached hydrogens (tertiary/aromatic N) is 4. The lowest BCUT2D eigenvalue weighted by molar-refractivity contribution is -0.154. The van der Waals surface area contributed by atoms with Gasteiger partial charge in [0.25, 0.3) is 11.8 Å². The number of esters is 1. The molecule has 3 amide bonds. The Hall–Kier alpha value is -4.91. The van der Waals surface area contributed by atoms with E-state index in [0.717, 1.165) is 22.5 Å². The van der Waals surface area contributed by atoms with Crippen LogP contribution in [0.15, 0.2) is 94.0 Å². The summed E-state index contributed by atoms with van der Waals surface area (Å²) in [6, 6.07) is 19.6. The molecule has 0 bridgehead atoms. The van der Waals surface area contributed by atoms with Gasteiger partial charge in [-0.05, 0) is 22.1 Å². The van der Waals surface area contributed by atoms with Crippen LogP contribution in [0.4, 0.5) is 5.13 Å². The number of β-lactam (4-membered cyclic amide) rings is 1. The Morgan fingerprint density at radius 1 is 1.20 bits per heavy atom. The van der Waals surface area contributed by atoms with E-state index in [0.29, 0.717) is 23.5 Å². The van der Waals surface area contributed by atoms with Crippen molar-refractivity contribution in [3.63, 3.8) is 0 Å². The monoisotopic (exact) mass is 674 g/mol. The largest absolute Gasteiger partial charge is 0.448 e. The summed E-state index contributed by atoms with van der Waals surface area (Å²) in [6.45, 7) is 0. The summed E-state index contributed by atoms with van der Waals surface area (Å²) in [6.07, 6.45) is 1.06. The Labute approximate surface area is 276 Å². The zero-order chi connectivity index (χ0) is 32.5. The molecule has 15 heteroatoms. The highest BCUT2D eigenvalue weighted by atomic mass is 32.2. The number of nitrogens with one attached hydrogen (secondary N) is 2. The van der Waals surface area contributed by atoms with Crippen molar-refractivity contribution in [1.29, 1.82) is 5.26 Å². The number of hydrogen-bond donors (Lipinski definition) is 2. The van der Waals surface area contributed by atoms with E-state index in [1.165, 1.54) is 47.0 Å². The van der Waals surface area contributed by atoms with E-state index in [1.807, 2.05) is 66.7 Å². The fraction of sp³-hybridized carbons (Fsp3) is 0.194. The molecule has 2 aromatic carbocycles. The Morgan fingerprint density at radius 3 is 2.52 bits per heavy atom. The highest BCUT2D eigenvalue weighted by molar-refractivity contribution is 8.02. The third kappa shape index (κ3) is 7.15. The number of thioether (sulfide) groups is 2. The van der Waals surface area contributed by atoms with Crippen LogP contribution in [0, 0.1) is 11.3 Å². The van der Waals surface area contributed by atoms with E-state index < -0.39 is 35.3 Å². The summed E-state index contributed by atoms with van der Waals surface area (Å²) in [5, 5.41) is 20.6. The molecule has 1 saturated heterocycles. The molecule has 5 rings (SSSR count). The van der Waals surface area contributed by atoms with Crippen LogP contribution in [0.25, 0.3) is 0 Å². The average Bonchev–Trinajstić information content (AvgIpc) is 3.55. The molecule has 0 spiro atoms. The van der Waals surface area contributed by atoms with Crippen molar-refractivity contribution in [3.8, 4) is 6.07 Å². The number of thiazole rings is 1. The lowest BCUT2D eigenvalue weighted by Crippen LogP contribution is -2.71. The Balaban J connectivity index is 1.40. The fourth-order valence-electron chi connectivity index (χ4n) is 4.76. The minimum atomic E-state index is -0.972. The third-order valence-corrected chi connectivity index (χ3v) is 9.74. The highest BCUT2D eigenvalue weighted by Crippen LogP contribution is 2.42. The van der Waals surface area contributed by atoms with Crippen molar-refractivity contribution in [2.75, 3.05) is 23.9 Å². The van der Waals surface area contributed by atoms with Crippen LogP contribution in [0.3, 0.4) is 0 Å². The second-order valence-corrected chi connectivity index (χ2v) is 12.4. The number of carbonyl (C=O) groups excluding carboxylic acids is 4. The number of oxime groups is 1.